The molecule has 1 heterocycles. The Bertz CT molecular complexity index is 341. The lowest BCUT2D eigenvalue weighted by Gasteiger charge is -1.91. The second kappa shape index (κ2) is 3.63. The Morgan fingerprint density at radius 2 is 2.50 bits per heavy atom. The lowest BCUT2D eigenvalue weighted by molar-refractivity contribution is 0.0697. The highest BCUT2D eigenvalue weighted by atomic mass is 16.4. The van der Waals surface area contributed by atoms with Crippen LogP contribution < -0.4 is 0 Å². The van der Waals surface area contributed by atoms with Crippen LogP contribution in [-0.4, -0.2) is 15.6 Å². The molecule has 0 radical (unpaired) electrons. The molecule has 0 aliphatic rings. The topological polar surface area (TPSA) is 42.2 Å². The summed E-state index contributed by atoms with van der Waals surface area (Å²) in [6.07, 6.45) is 3.26. The number of hydrogen-bond donors (Lipinski definition) is 1. The van der Waals surface area contributed by atoms with Gasteiger partial charge in [0.05, 0.1) is 12.1 Å². The Labute approximate surface area is 70.6 Å². The standard InChI is InChI=1S/C9H9NO2/c1-2-3-5-10-6-4-8(7-10)9(11)12/h4,6-7H,5H2,1H3,(H,11,12). The summed E-state index contributed by atoms with van der Waals surface area (Å²) >= 11 is 0. The molecule has 3 nitrogen and oxygen atoms in total. The third-order valence-electron chi connectivity index (χ3n) is 1.44. The van der Waals surface area contributed by atoms with Gasteiger partial charge in [-0.3, -0.25) is 0 Å². The molecule has 12 heavy (non-hydrogen) atoms. The van der Waals surface area contributed by atoms with Crippen LogP contribution >= 0.6 is 0 Å². The maximum Gasteiger partial charge on any atom is 0.337 e. The first-order valence-corrected chi connectivity index (χ1v) is 3.52. The van der Waals surface area contributed by atoms with E-state index in [1.54, 1.807) is 30.0 Å². The van der Waals surface area contributed by atoms with E-state index in [1.807, 2.05) is 0 Å². The van der Waals surface area contributed by atoms with Crippen molar-refractivity contribution in [2.24, 2.45) is 0 Å². The summed E-state index contributed by atoms with van der Waals surface area (Å²) in [6.45, 7) is 2.30. The molecule has 0 atom stereocenters. The summed E-state index contributed by atoms with van der Waals surface area (Å²) in [7, 11) is 0. The molecule has 1 aromatic rings. The van der Waals surface area contributed by atoms with Crippen LogP contribution in [0.4, 0.5) is 0 Å². The Hall–Kier alpha value is -1.69. The number of carbonyl (C=O) groups is 1. The second-order valence-electron chi connectivity index (χ2n) is 2.30. The van der Waals surface area contributed by atoms with Gasteiger partial charge >= 0.3 is 5.97 Å². The third-order valence-corrected chi connectivity index (χ3v) is 1.44. The number of carboxylic acids is 1. The summed E-state index contributed by atoms with van der Waals surface area (Å²) in [4.78, 5) is 10.4. The number of carboxylic acid groups (broad SMARTS) is 1. The van der Waals surface area contributed by atoms with E-state index < -0.39 is 5.97 Å². The Kier molecular flexibility index (Phi) is 2.54. The molecule has 1 N–H and O–H groups in total. The monoisotopic (exact) mass is 163 g/mol. The predicted octanol–water partition coefficient (Wildman–Crippen LogP) is 1.21. The molecule has 0 bridgehead atoms. The van der Waals surface area contributed by atoms with Crippen molar-refractivity contribution in [2.45, 2.75) is 13.5 Å². The quantitative estimate of drug-likeness (QED) is 0.666. The lowest BCUT2D eigenvalue weighted by atomic mass is 10.4. The highest BCUT2D eigenvalue weighted by molar-refractivity contribution is 5.87. The lowest BCUT2D eigenvalue weighted by Crippen LogP contribution is -1.94. The van der Waals surface area contributed by atoms with Crippen LogP contribution in [0.25, 0.3) is 0 Å². The first-order valence-electron chi connectivity index (χ1n) is 3.52. The van der Waals surface area contributed by atoms with E-state index in [1.165, 1.54) is 0 Å². The van der Waals surface area contributed by atoms with Gasteiger partial charge in [-0.05, 0) is 13.0 Å². The van der Waals surface area contributed by atoms with Crippen molar-refractivity contribution >= 4 is 5.97 Å². The van der Waals surface area contributed by atoms with Gasteiger partial charge in [0.2, 0.25) is 0 Å². The molecule has 62 valence electrons. The van der Waals surface area contributed by atoms with Crippen LogP contribution in [-0.2, 0) is 6.54 Å². The van der Waals surface area contributed by atoms with Crippen molar-refractivity contribution in [1.82, 2.24) is 4.57 Å². The van der Waals surface area contributed by atoms with Crippen LogP contribution in [0.1, 0.15) is 17.3 Å². The van der Waals surface area contributed by atoms with Crippen LogP contribution in [0, 0.1) is 11.8 Å². The van der Waals surface area contributed by atoms with Crippen LogP contribution in [0.5, 0.6) is 0 Å². The van der Waals surface area contributed by atoms with Gasteiger partial charge < -0.3 is 9.67 Å². The summed E-state index contributed by atoms with van der Waals surface area (Å²) in [5.41, 5.74) is 0.299. The van der Waals surface area contributed by atoms with E-state index in [2.05, 4.69) is 11.8 Å². The summed E-state index contributed by atoms with van der Waals surface area (Å²) in [6, 6.07) is 1.56. The fourth-order valence-corrected chi connectivity index (χ4v) is 0.836. The van der Waals surface area contributed by atoms with Crippen molar-refractivity contribution in [2.75, 3.05) is 0 Å². The number of nitrogens with zero attached hydrogens (tertiary/aromatic N) is 1. The Morgan fingerprint density at radius 3 is 3.00 bits per heavy atom. The molecular weight excluding hydrogens is 154 g/mol. The molecule has 0 aliphatic heterocycles. The normalized spacial score (nSPS) is 8.75. The number of aromatic carboxylic acids is 1. The molecule has 0 spiro atoms. The largest absolute Gasteiger partial charge is 0.478 e. The summed E-state index contributed by atoms with van der Waals surface area (Å²) in [5, 5.41) is 8.57. The van der Waals surface area contributed by atoms with E-state index in [0.29, 0.717) is 12.1 Å². The van der Waals surface area contributed by atoms with Gasteiger partial charge in [-0.2, -0.15) is 0 Å². The SMILES string of the molecule is CC#CCn1ccc(C(=O)O)c1. The highest BCUT2D eigenvalue weighted by Gasteiger charge is 2.02. The number of hydrogen-bond acceptors (Lipinski definition) is 1. The van der Waals surface area contributed by atoms with E-state index >= 15 is 0 Å². The van der Waals surface area contributed by atoms with Crippen molar-refractivity contribution in [1.29, 1.82) is 0 Å². The first kappa shape index (κ1) is 8.41. The average molecular weight is 163 g/mol. The molecule has 0 amide bonds. The van der Waals surface area contributed by atoms with Gasteiger partial charge in [-0.25, -0.2) is 4.79 Å². The van der Waals surface area contributed by atoms with Gasteiger partial charge in [0.1, 0.15) is 0 Å². The van der Waals surface area contributed by atoms with Crippen molar-refractivity contribution in [3.63, 3.8) is 0 Å². The zero-order valence-electron chi connectivity index (χ0n) is 6.74. The van der Waals surface area contributed by atoms with E-state index in [4.69, 9.17) is 5.11 Å². The zero-order chi connectivity index (χ0) is 8.97. The molecule has 0 saturated heterocycles. The summed E-state index contributed by atoms with van der Waals surface area (Å²) in [5.74, 6) is 4.67. The molecule has 0 saturated carbocycles. The maximum absolute atomic E-state index is 10.4. The molecule has 0 unspecified atom stereocenters. The first-order chi connectivity index (χ1) is 5.74. The van der Waals surface area contributed by atoms with Crippen LogP contribution in [0.2, 0.25) is 0 Å². The molecule has 0 aliphatic carbocycles. The molecule has 1 rings (SSSR count). The van der Waals surface area contributed by atoms with Crippen molar-refractivity contribution in [3.05, 3.63) is 24.0 Å². The maximum atomic E-state index is 10.4. The smallest absolute Gasteiger partial charge is 0.337 e. The minimum absolute atomic E-state index is 0.299. The molecule has 0 aromatic carbocycles. The molecule has 3 heteroatoms. The van der Waals surface area contributed by atoms with Crippen LogP contribution in [0.3, 0.4) is 0 Å². The Balaban J connectivity index is 2.75. The predicted molar refractivity (Wildman–Crippen MR) is 44.8 cm³/mol. The van der Waals surface area contributed by atoms with E-state index in [-0.39, 0.29) is 0 Å². The number of rotatable bonds is 2. The second-order valence-corrected chi connectivity index (χ2v) is 2.30. The van der Waals surface area contributed by atoms with Crippen molar-refractivity contribution < 1.29 is 9.90 Å². The van der Waals surface area contributed by atoms with E-state index in [9.17, 15) is 4.79 Å². The van der Waals surface area contributed by atoms with Gasteiger partial charge in [-0.1, -0.05) is 5.92 Å². The Morgan fingerprint density at radius 1 is 1.75 bits per heavy atom. The molecule has 0 fully saturated rings. The van der Waals surface area contributed by atoms with Crippen LogP contribution in [0.15, 0.2) is 18.5 Å². The van der Waals surface area contributed by atoms with Crippen molar-refractivity contribution in [3.8, 4) is 11.8 Å². The minimum atomic E-state index is -0.904. The fraction of sp³-hybridized carbons (Fsp3) is 0.222. The third kappa shape index (κ3) is 1.89. The molecule has 1 aromatic heterocycles. The highest BCUT2D eigenvalue weighted by Crippen LogP contribution is 1.99. The average Bonchev–Trinajstić information content (AvgIpc) is 2.48. The number of aromatic nitrogens is 1. The molecular formula is C9H9NO2. The summed E-state index contributed by atoms with van der Waals surface area (Å²) < 4.78 is 1.74. The van der Waals surface area contributed by atoms with Gasteiger partial charge in [0, 0.05) is 12.4 Å². The van der Waals surface area contributed by atoms with Gasteiger partial charge in [0.25, 0.3) is 0 Å². The van der Waals surface area contributed by atoms with Gasteiger partial charge in [0.15, 0.2) is 0 Å². The van der Waals surface area contributed by atoms with E-state index in [0.717, 1.165) is 0 Å². The zero-order valence-corrected chi connectivity index (χ0v) is 6.74. The minimum Gasteiger partial charge on any atom is -0.478 e. The fourth-order valence-electron chi connectivity index (χ4n) is 0.836. The van der Waals surface area contributed by atoms with Gasteiger partial charge in [-0.15, -0.1) is 5.92 Å².